The first-order valence-corrected chi connectivity index (χ1v) is 4.30. The highest BCUT2D eigenvalue weighted by Gasteiger charge is 2.27. The van der Waals surface area contributed by atoms with Crippen LogP contribution in [0.15, 0.2) is 4.52 Å². The SMILES string of the molecule is CCc1noc(C(=O)OC)c1C(=O)OC. The molecule has 1 aromatic rings. The van der Waals surface area contributed by atoms with Crippen LogP contribution >= 0.6 is 0 Å². The van der Waals surface area contributed by atoms with Crippen LogP contribution in [0.2, 0.25) is 0 Å². The van der Waals surface area contributed by atoms with E-state index in [-0.39, 0.29) is 11.3 Å². The maximum atomic E-state index is 11.4. The lowest BCUT2D eigenvalue weighted by Gasteiger charge is -1.99. The molecule has 0 spiro atoms. The Labute approximate surface area is 86.1 Å². The normalized spacial score (nSPS) is 9.80. The maximum Gasteiger partial charge on any atom is 0.377 e. The summed E-state index contributed by atoms with van der Waals surface area (Å²) in [5.74, 6) is -1.63. The second-order valence-electron chi connectivity index (χ2n) is 2.67. The van der Waals surface area contributed by atoms with E-state index in [1.165, 1.54) is 14.2 Å². The molecular formula is C9H11NO5. The number of nitrogens with zero attached hydrogens (tertiary/aromatic N) is 1. The van der Waals surface area contributed by atoms with Crippen molar-refractivity contribution in [1.82, 2.24) is 5.16 Å². The van der Waals surface area contributed by atoms with Crippen molar-refractivity contribution in [2.75, 3.05) is 14.2 Å². The molecule has 15 heavy (non-hydrogen) atoms. The summed E-state index contributed by atoms with van der Waals surface area (Å²) in [4.78, 5) is 22.6. The molecule has 0 aliphatic heterocycles. The van der Waals surface area contributed by atoms with Crippen LogP contribution in [0.1, 0.15) is 33.5 Å². The van der Waals surface area contributed by atoms with Gasteiger partial charge in [0.15, 0.2) is 0 Å². The molecule has 0 aliphatic carbocycles. The van der Waals surface area contributed by atoms with E-state index in [4.69, 9.17) is 4.52 Å². The average molecular weight is 213 g/mol. The number of aryl methyl sites for hydroxylation is 1. The quantitative estimate of drug-likeness (QED) is 0.691. The smallest absolute Gasteiger partial charge is 0.377 e. The Morgan fingerprint density at radius 3 is 2.33 bits per heavy atom. The van der Waals surface area contributed by atoms with Crippen LogP contribution in [0.25, 0.3) is 0 Å². The largest absolute Gasteiger partial charge is 0.465 e. The summed E-state index contributed by atoms with van der Waals surface area (Å²) >= 11 is 0. The molecule has 0 N–H and O–H groups in total. The van der Waals surface area contributed by atoms with Crippen molar-refractivity contribution in [3.05, 3.63) is 17.0 Å². The monoisotopic (exact) mass is 213 g/mol. The summed E-state index contributed by atoms with van der Waals surface area (Å²) in [6, 6.07) is 0. The molecular weight excluding hydrogens is 202 g/mol. The van der Waals surface area contributed by atoms with Crippen LogP contribution in [-0.2, 0) is 15.9 Å². The van der Waals surface area contributed by atoms with Crippen molar-refractivity contribution in [2.45, 2.75) is 13.3 Å². The highest BCUT2D eigenvalue weighted by molar-refractivity contribution is 6.01. The molecule has 0 saturated heterocycles. The molecule has 0 saturated carbocycles. The van der Waals surface area contributed by atoms with Gasteiger partial charge in [0.25, 0.3) is 5.76 Å². The Morgan fingerprint density at radius 1 is 1.27 bits per heavy atom. The molecule has 1 aromatic heterocycles. The van der Waals surface area contributed by atoms with Gasteiger partial charge in [-0.05, 0) is 6.42 Å². The summed E-state index contributed by atoms with van der Waals surface area (Å²) in [6.07, 6.45) is 0.463. The van der Waals surface area contributed by atoms with Crippen molar-refractivity contribution >= 4 is 11.9 Å². The highest BCUT2D eigenvalue weighted by atomic mass is 16.6. The fourth-order valence-electron chi connectivity index (χ4n) is 1.11. The molecule has 1 rings (SSSR count). The third-order valence-electron chi connectivity index (χ3n) is 1.86. The van der Waals surface area contributed by atoms with Gasteiger partial charge >= 0.3 is 11.9 Å². The lowest BCUT2D eigenvalue weighted by Crippen LogP contribution is -2.11. The van der Waals surface area contributed by atoms with Crippen LogP contribution in [0.3, 0.4) is 0 Å². The molecule has 82 valence electrons. The summed E-state index contributed by atoms with van der Waals surface area (Å²) < 4.78 is 13.7. The van der Waals surface area contributed by atoms with Gasteiger partial charge in [-0.25, -0.2) is 9.59 Å². The molecule has 0 aromatic carbocycles. The predicted octanol–water partition coefficient (Wildman–Crippen LogP) is 0.810. The second-order valence-corrected chi connectivity index (χ2v) is 2.67. The molecule has 6 nitrogen and oxygen atoms in total. The number of hydrogen-bond acceptors (Lipinski definition) is 6. The minimum atomic E-state index is -0.748. The Kier molecular flexibility index (Phi) is 3.43. The summed E-state index contributed by atoms with van der Waals surface area (Å²) in [6.45, 7) is 1.78. The maximum absolute atomic E-state index is 11.4. The molecule has 0 atom stereocenters. The van der Waals surface area contributed by atoms with Crippen LogP contribution < -0.4 is 0 Å². The van der Waals surface area contributed by atoms with Crippen LogP contribution in [0, 0.1) is 0 Å². The number of ether oxygens (including phenoxy) is 2. The van der Waals surface area contributed by atoms with E-state index in [9.17, 15) is 9.59 Å². The first kappa shape index (κ1) is 11.2. The Bertz CT molecular complexity index is 382. The lowest BCUT2D eigenvalue weighted by molar-refractivity contribution is 0.0521. The Hall–Kier alpha value is -1.85. The number of esters is 2. The minimum Gasteiger partial charge on any atom is -0.465 e. The second kappa shape index (κ2) is 4.59. The van der Waals surface area contributed by atoms with Crippen LogP contribution in [0.5, 0.6) is 0 Å². The van der Waals surface area contributed by atoms with Gasteiger partial charge in [-0.3, -0.25) is 0 Å². The zero-order valence-corrected chi connectivity index (χ0v) is 8.70. The van der Waals surface area contributed by atoms with Gasteiger partial charge in [-0.15, -0.1) is 0 Å². The zero-order valence-electron chi connectivity index (χ0n) is 8.70. The van der Waals surface area contributed by atoms with Gasteiger partial charge in [-0.1, -0.05) is 12.1 Å². The van der Waals surface area contributed by atoms with Crippen LogP contribution in [0.4, 0.5) is 0 Å². The fraction of sp³-hybridized carbons (Fsp3) is 0.444. The summed E-state index contributed by atoms with van der Waals surface area (Å²) in [5, 5.41) is 3.60. The number of hydrogen-bond donors (Lipinski definition) is 0. The van der Waals surface area contributed by atoms with Crippen LogP contribution in [-0.4, -0.2) is 31.3 Å². The molecule has 0 fully saturated rings. The van der Waals surface area contributed by atoms with E-state index in [0.29, 0.717) is 12.1 Å². The zero-order chi connectivity index (χ0) is 11.4. The van der Waals surface area contributed by atoms with Gasteiger partial charge < -0.3 is 14.0 Å². The highest BCUT2D eigenvalue weighted by Crippen LogP contribution is 2.16. The van der Waals surface area contributed by atoms with Gasteiger partial charge in [0, 0.05) is 0 Å². The molecule has 0 bridgehead atoms. The van der Waals surface area contributed by atoms with Crippen molar-refractivity contribution in [3.63, 3.8) is 0 Å². The third kappa shape index (κ3) is 1.98. The Morgan fingerprint density at radius 2 is 1.87 bits per heavy atom. The van der Waals surface area contributed by atoms with E-state index < -0.39 is 11.9 Å². The van der Waals surface area contributed by atoms with Gasteiger partial charge in [0.2, 0.25) is 0 Å². The first-order valence-electron chi connectivity index (χ1n) is 4.30. The minimum absolute atomic E-state index is 0.0341. The molecule has 0 radical (unpaired) electrons. The topological polar surface area (TPSA) is 78.6 Å². The summed E-state index contributed by atoms with van der Waals surface area (Å²) in [7, 11) is 2.41. The number of methoxy groups -OCH3 is 2. The standard InChI is InChI=1S/C9H11NO5/c1-4-5-6(8(11)13-2)7(15-10-5)9(12)14-3/h4H2,1-3H3. The number of rotatable bonds is 3. The predicted molar refractivity (Wildman–Crippen MR) is 48.6 cm³/mol. The lowest BCUT2D eigenvalue weighted by atomic mass is 10.1. The van der Waals surface area contributed by atoms with Crippen molar-refractivity contribution in [3.8, 4) is 0 Å². The molecule has 0 amide bonds. The number of aromatic nitrogens is 1. The fourth-order valence-corrected chi connectivity index (χ4v) is 1.11. The average Bonchev–Trinajstić information content (AvgIpc) is 2.70. The molecule has 6 heteroatoms. The van der Waals surface area contributed by atoms with Gasteiger partial charge in [0.05, 0.1) is 19.9 Å². The molecule has 0 aliphatic rings. The van der Waals surface area contributed by atoms with E-state index in [1.54, 1.807) is 6.92 Å². The Balaban J connectivity index is 3.23. The van der Waals surface area contributed by atoms with Crippen molar-refractivity contribution < 1.29 is 23.6 Å². The van der Waals surface area contributed by atoms with E-state index in [2.05, 4.69) is 14.6 Å². The van der Waals surface area contributed by atoms with Crippen molar-refractivity contribution in [2.24, 2.45) is 0 Å². The first-order chi connectivity index (χ1) is 7.15. The summed E-state index contributed by atoms with van der Waals surface area (Å²) in [5.41, 5.74) is 0.411. The molecule has 0 unspecified atom stereocenters. The molecule has 1 heterocycles. The number of carbonyl (C=O) groups is 2. The third-order valence-corrected chi connectivity index (χ3v) is 1.86. The van der Waals surface area contributed by atoms with E-state index in [1.807, 2.05) is 0 Å². The van der Waals surface area contributed by atoms with Crippen molar-refractivity contribution in [1.29, 1.82) is 0 Å². The van der Waals surface area contributed by atoms with E-state index >= 15 is 0 Å². The van der Waals surface area contributed by atoms with Gasteiger partial charge in [-0.2, -0.15) is 0 Å². The van der Waals surface area contributed by atoms with Gasteiger partial charge in [0.1, 0.15) is 5.56 Å². The number of carbonyl (C=O) groups excluding carboxylic acids is 2. The van der Waals surface area contributed by atoms with E-state index in [0.717, 1.165) is 0 Å².